The Hall–Kier alpha value is -3.19. The number of hydrogen-bond donors (Lipinski definition) is 3. The first-order valence-corrected chi connectivity index (χ1v) is 8.86. The highest BCUT2D eigenvalue weighted by molar-refractivity contribution is 7.14. The van der Waals surface area contributed by atoms with Crippen molar-refractivity contribution in [3.05, 3.63) is 70.7 Å². The lowest BCUT2D eigenvalue weighted by molar-refractivity contribution is 0.102. The largest absolute Gasteiger partial charge is 0.325 e. The van der Waals surface area contributed by atoms with Crippen molar-refractivity contribution in [2.24, 2.45) is 0 Å². The molecule has 0 fully saturated rings. The standard InChI is InChI=1S/C19H18N4O2S/c1-12-8-9-13(2)15(10-12)21-17(24)16-11-26-19(22-16)23-18(25)20-14-6-4-3-5-7-14/h3-11H,1-2H3,(H,21,24)(H2,20,22,23,25). The van der Waals surface area contributed by atoms with Crippen LogP contribution in [0.5, 0.6) is 0 Å². The number of carbonyl (C=O) groups is 2. The van der Waals surface area contributed by atoms with Gasteiger partial charge in [0.1, 0.15) is 5.69 Å². The van der Waals surface area contributed by atoms with Crippen molar-refractivity contribution in [3.63, 3.8) is 0 Å². The summed E-state index contributed by atoms with van der Waals surface area (Å²) in [5, 5.41) is 10.1. The van der Waals surface area contributed by atoms with Crippen LogP contribution in [-0.4, -0.2) is 16.9 Å². The molecule has 0 aliphatic rings. The SMILES string of the molecule is Cc1ccc(C)c(NC(=O)c2csc(NC(=O)Nc3ccccc3)n2)c1. The van der Waals surface area contributed by atoms with Gasteiger partial charge in [-0.2, -0.15) is 0 Å². The number of anilines is 3. The molecule has 3 aromatic rings. The number of thiazole rings is 1. The molecule has 3 rings (SSSR count). The molecule has 0 radical (unpaired) electrons. The van der Waals surface area contributed by atoms with Gasteiger partial charge in [0.05, 0.1) is 0 Å². The Balaban J connectivity index is 1.62. The maximum Gasteiger partial charge on any atom is 0.325 e. The van der Waals surface area contributed by atoms with E-state index < -0.39 is 6.03 Å². The molecule has 0 aliphatic heterocycles. The van der Waals surface area contributed by atoms with Crippen LogP contribution in [0.1, 0.15) is 21.6 Å². The zero-order chi connectivity index (χ0) is 18.5. The summed E-state index contributed by atoms with van der Waals surface area (Å²) in [4.78, 5) is 28.5. The summed E-state index contributed by atoms with van der Waals surface area (Å²) < 4.78 is 0. The average Bonchev–Trinajstić information content (AvgIpc) is 3.07. The van der Waals surface area contributed by atoms with Gasteiger partial charge in [-0.25, -0.2) is 9.78 Å². The molecule has 0 atom stereocenters. The predicted octanol–water partition coefficient (Wildman–Crippen LogP) is 4.66. The van der Waals surface area contributed by atoms with Gasteiger partial charge in [-0.3, -0.25) is 10.1 Å². The molecule has 0 aliphatic carbocycles. The van der Waals surface area contributed by atoms with Gasteiger partial charge >= 0.3 is 6.03 Å². The number of carbonyl (C=O) groups excluding carboxylic acids is 2. The Morgan fingerprint density at radius 2 is 1.73 bits per heavy atom. The first kappa shape index (κ1) is 17.6. The van der Waals surface area contributed by atoms with Crippen LogP contribution in [0.2, 0.25) is 0 Å². The minimum absolute atomic E-state index is 0.255. The van der Waals surface area contributed by atoms with Gasteiger partial charge < -0.3 is 10.6 Å². The lowest BCUT2D eigenvalue weighted by Crippen LogP contribution is -2.19. The van der Waals surface area contributed by atoms with Crippen molar-refractivity contribution in [3.8, 4) is 0 Å². The van der Waals surface area contributed by atoms with Crippen LogP contribution < -0.4 is 16.0 Å². The lowest BCUT2D eigenvalue weighted by Gasteiger charge is -2.08. The third-order valence-corrected chi connectivity index (χ3v) is 4.39. The van der Waals surface area contributed by atoms with E-state index in [0.717, 1.165) is 16.8 Å². The fraction of sp³-hybridized carbons (Fsp3) is 0.105. The first-order chi connectivity index (χ1) is 12.5. The first-order valence-electron chi connectivity index (χ1n) is 7.98. The van der Waals surface area contributed by atoms with Gasteiger partial charge in [-0.1, -0.05) is 30.3 Å². The number of nitrogens with zero attached hydrogens (tertiary/aromatic N) is 1. The molecule has 2 aromatic carbocycles. The molecule has 7 heteroatoms. The number of para-hydroxylation sites is 1. The molecular formula is C19H18N4O2S. The Labute approximate surface area is 155 Å². The van der Waals surface area contributed by atoms with Crippen LogP contribution in [-0.2, 0) is 0 Å². The van der Waals surface area contributed by atoms with Crippen molar-refractivity contribution < 1.29 is 9.59 Å². The highest BCUT2D eigenvalue weighted by Gasteiger charge is 2.13. The number of aryl methyl sites for hydroxylation is 2. The van der Waals surface area contributed by atoms with Gasteiger partial charge in [0.2, 0.25) is 0 Å². The predicted molar refractivity (Wildman–Crippen MR) is 105 cm³/mol. The molecule has 0 saturated heterocycles. The summed E-state index contributed by atoms with van der Waals surface area (Å²) in [5.74, 6) is -0.313. The second kappa shape index (κ2) is 7.79. The molecule has 132 valence electrons. The second-order valence-corrected chi connectivity index (χ2v) is 6.61. The number of benzene rings is 2. The number of rotatable bonds is 4. The van der Waals surface area contributed by atoms with E-state index in [9.17, 15) is 9.59 Å². The third kappa shape index (κ3) is 4.46. The fourth-order valence-corrected chi connectivity index (χ4v) is 2.96. The Morgan fingerprint density at radius 3 is 2.50 bits per heavy atom. The molecular weight excluding hydrogens is 348 g/mol. The topological polar surface area (TPSA) is 83.1 Å². The molecule has 6 nitrogen and oxygen atoms in total. The van der Waals surface area contributed by atoms with Gasteiger partial charge in [-0.15, -0.1) is 11.3 Å². The number of amides is 3. The molecule has 0 saturated carbocycles. The zero-order valence-electron chi connectivity index (χ0n) is 14.4. The van der Waals surface area contributed by atoms with Crippen molar-refractivity contribution in [1.82, 2.24) is 4.98 Å². The summed E-state index contributed by atoms with van der Waals surface area (Å²) in [6.07, 6.45) is 0. The van der Waals surface area contributed by atoms with Gasteiger partial charge in [0.25, 0.3) is 5.91 Å². The van der Waals surface area contributed by atoms with E-state index in [1.165, 1.54) is 11.3 Å². The normalized spacial score (nSPS) is 10.2. The number of urea groups is 1. The molecule has 1 aromatic heterocycles. The number of aromatic nitrogens is 1. The second-order valence-electron chi connectivity index (χ2n) is 5.76. The summed E-state index contributed by atoms with van der Waals surface area (Å²) in [5.41, 5.74) is 3.71. The number of nitrogens with one attached hydrogen (secondary N) is 3. The monoisotopic (exact) mass is 366 g/mol. The molecule has 26 heavy (non-hydrogen) atoms. The van der Waals surface area contributed by atoms with Crippen LogP contribution in [0.15, 0.2) is 53.9 Å². The van der Waals surface area contributed by atoms with Crippen molar-refractivity contribution >= 4 is 39.8 Å². The van der Waals surface area contributed by atoms with E-state index in [1.54, 1.807) is 17.5 Å². The quantitative estimate of drug-likeness (QED) is 0.628. The van der Waals surface area contributed by atoms with Crippen molar-refractivity contribution in [2.75, 3.05) is 16.0 Å². The van der Waals surface area contributed by atoms with E-state index in [1.807, 2.05) is 50.2 Å². The molecule has 0 spiro atoms. The van der Waals surface area contributed by atoms with Crippen LogP contribution in [0.3, 0.4) is 0 Å². The smallest absolute Gasteiger partial charge is 0.320 e. The third-order valence-electron chi connectivity index (χ3n) is 3.63. The molecule has 3 amide bonds. The summed E-state index contributed by atoms with van der Waals surface area (Å²) >= 11 is 1.19. The highest BCUT2D eigenvalue weighted by Crippen LogP contribution is 2.20. The van der Waals surface area contributed by atoms with E-state index in [2.05, 4.69) is 20.9 Å². The summed E-state index contributed by atoms with van der Waals surface area (Å²) in [6, 6.07) is 14.5. The summed E-state index contributed by atoms with van der Waals surface area (Å²) in [6.45, 7) is 3.89. The van der Waals surface area contributed by atoms with E-state index in [0.29, 0.717) is 10.8 Å². The summed E-state index contributed by atoms with van der Waals surface area (Å²) in [7, 11) is 0. The number of hydrogen-bond acceptors (Lipinski definition) is 4. The zero-order valence-corrected chi connectivity index (χ0v) is 15.2. The molecule has 3 N–H and O–H groups in total. The van der Waals surface area contributed by atoms with Crippen LogP contribution in [0.25, 0.3) is 0 Å². The van der Waals surface area contributed by atoms with Crippen molar-refractivity contribution in [1.29, 1.82) is 0 Å². The minimum atomic E-state index is -0.410. The van der Waals surface area contributed by atoms with Gasteiger partial charge in [0, 0.05) is 16.8 Å². The maximum absolute atomic E-state index is 12.4. The van der Waals surface area contributed by atoms with Gasteiger partial charge in [-0.05, 0) is 43.2 Å². The molecule has 0 bridgehead atoms. The Kier molecular flexibility index (Phi) is 5.28. The van der Waals surface area contributed by atoms with Crippen LogP contribution in [0, 0.1) is 13.8 Å². The lowest BCUT2D eigenvalue weighted by atomic mass is 10.1. The van der Waals surface area contributed by atoms with E-state index >= 15 is 0 Å². The molecule has 1 heterocycles. The highest BCUT2D eigenvalue weighted by atomic mass is 32.1. The average molecular weight is 366 g/mol. The Bertz CT molecular complexity index is 938. The Morgan fingerprint density at radius 1 is 0.962 bits per heavy atom. The van der Waals surface area contributed by atoms with E-state index in [-0.39, 0.29) is 11.6 Å². The molecule has 0 unspecified atom stereocenters. The van der Waals surface area contributed by atoms with Crippen LogP contribution >= 0.6 is 11.3 Å². The maximum atomic E-state index is 12.4. The van der Waals surface area contributed by atoms with Crippen molar-refractivity contribution in [2.45, 2.75) is 13.8 Å². The van der Waals surface area contributed by atoms with E-state index in [4.69, 9.17) is 0 Å². The van der Waals surface area contributed by atoms with Crippen LogP contribution in [0.4, 0.5) is 21.3 Å². The minimum Gasteiger partial charge on any atom is -0.320 e. The fourth-order valence-electron chi connectivity index (χ4n) is 2.27. The van der Waals surface area contributed by atoms with Gasteiger partial charge in [0.15, 0.2) is 5.13 Å².